The Morgan fingerprint density at radius 2 is 1.91 bits per heavy atom. The van der Waals surface area contributed by atoms with Crippen molar-refractivity contribution in [3.05, 3.63) is 54.0 Å². The van der Waals surface area contributed by atoms with Crippen molar-refractivity contribution >= 4 is 24.2 Å². The molecular weight excluding hydrogens is 425 g/mol. The lowest BCUT2D eigenvalue weighted by atomic mass is 9.96. The van der Waals surface area contributed by atoms with E-state index in [1.165, 1.54) is 30.6 Å². The smallest absolute Gasteiger partial charge is 0.267 e. The molecule has 1 amide bonds. The molecule has 1 unspecified atom stereocenters. The molecular formula is C21H25F3N6O2. The Morgan fingerprint density at radius 1 is 1.19 bits per heavy atom. The maximum Gasteiger partial charge on any atom is 0.267 e. The highest BCUT2D eigenvalue weighted by molar-refractivity contribution is 5.91. The standard InChI is InChI=1S/C11H13FN4O2.C6H4F2.C4H8N2/c12-8-4-16(2-1-7(8)5-17)10-3-9(11(13)18)14-6-15-10;7-5-2-1-3-6(8)4-5;1-6-4-2-3-5-6/h3,5-8H,1-2,4H2,(H2,13,18);1-4H;3H,2,4H2,1H3/t7-,8?;;/m1../s1. The summed E-state index contributed by atoms with van der Waals surface area (Å²) in [7, 11) is 1.98. The molecule has 0 bridgehead atoms. The molecule has 2 atom stereocenters. The average molecular weight is 450 g/mol. The van der Waals surface area contributed by atoms with E-state index in [9.17, 15) is 22.8 Å². The highest BCUT2D eigenvalue weighted by Crippen LogP contribution is 2.23. The minimum absolute atomic E-state index is 0.0820. The van der Waals surface area contributed by atoms with E-state index < -0.39 is 29.6 Å². The molecule has 2 aliphatic heterocycles. The van der Waals surface area contributed by atoms with Crippen LogP contribution in [-0.4, -0.2) is 66.2 Å². The lowest BCUT2D eigenvalue weighted by Gasteiger charge is -2.33. The number of halogens is 3. The highest BCUT2D eigenvalue weighted by Gasteiger charge is 2.29. The molecule has 1 fully saturated rings. The number of carbonyl (C=O) groups excluding carboxylic acids is 2. The Morgan fingerprint density at radius 3 is 2.34 bits per heavy atom. The summed E-state index contributed by atoms with van der Waals surface area (Å²) in [6.45, 7) is 1.69. The zero-order chi connectivity index (χ0) is 23.5. The molecule has 3 heterocycles. The van der Waals surface area contributed by atoms with Crippen LogP contribution in [0.4, 0.5) is 19.0 Å². The topological polar surface area (TPSA) is 105 Å². The second-order valence-corrected chi connectivity index (χ2v) is 7.08. The van der Waals surface area contributed by atoms with Crippen LogP contribution in [0.3, 0.4) is 0 Å². The number of benzene rings is 1. The summed E-state index contributed by atoms with van der Waals surface area (Å²) in [4.78, 5) is 31.0. The van der Waals surface area contributed by atoms with Gasteiger partial charge >= 0.3 is 0 Å². The maximum atomic E-state index is 13.6. The molecule has 11 heteroatoms. The third-order valence-corrected chi connectivity index (χ3v) is 4.64. The van der Waals surface area contributed by atoms with Crippen molar-refractivity contribution in [2.45, 2.75) is 19.0 Å². The number of aldehydes is 1. The maximum absolute atomic E-state index is 13.6. The average Bonchev–Trinajstić information content (AvgIpc) is 3.25. The monoisotopic (exact) mass is 450 g/mol. The van der Waals surface area contributed by atoms with E-state index in [0.29, 0.717) is 25.1 Å². The summed E-state index contributed by atoms with van der Waals surface area (Å²) >= 11 is 0. The molecule has 2 N–H and O–H groups in total. The molecule has 172 valence electrons. The van der Waals surface area contributed by atoms with E-state index >= 15 is 0 Å². The van der Waals surface area contributed by atoms with Crippen LogP contribution < -0.4 is 10.6 Å². The number of piperidine rings is 1. The SMILES string of the molecule is CN1CCC=N1.Fc1cccc(F)c1.NC(=O)c1cc(N2CC[C@H](C=O)C(F)C2)ncn1. The number of nitrogens with zero attached hydrogens (tertiary/aromatic N) is 5. The summed E-state index contributed by atoms with van der Waals surface area (Å²) in [6.07, 6.45) is 4.13. The van der Waals surface area contributed by atoms with Crippen LogP contribution in [-0.2, 0) is 4.79 Å². The van der Waals surface area contributed by atoms with E-state index in [0.717, 1.165) is 19.0 Å². The molecule has 2 aliphatic rings. The van der Waals surface area contributed by atoms with Gasteiger partial charge in [-0.3, -0.25) is 4.79 Å². The van der Waals surface area contributed by atoms with Crippen LogP contribution in [0.25, 0.3) is 0 Å². The number of carbonyl (C=O) groups is 2. The number of hydrazone groups is 1. The molecule has 4 rings (SSSR count). The van der Waals surface area contributed by atoms with Gasteiger partial charge in [-0.1, -0.05) is 6.07 Å². The van der Waals surface area contributed by atoms with Gasteiger partial charge in [0, 0.05) is 50.8 Å². The van der Waals surface area contributed by atoms with Gasteiger partial charge in [0.25, 0.3) is 5.91 Å². The minimum Gasteiger partial charge on any atom is -0.364 e. The van der Waals surface area contributed by atoms with E-state index in [1.807, 2.05) is 18.3 Å². The van der Waals surface area contributed by atoms with Crippen LogP contribution in [0, 0.1) is 17.6 Å². The Balaban J connectivity index is 0.000000211. The van der Waals surface area contributed by atoms with Crippen molar-refractivity contribution in [1.29, 1.82) is 0 Å². The van der Waals surface area contributed by atoms with Gasteiger partial charge in [0.15, 0.2) is 0 Å². The molecule has 0 spiro atoms. The Hall–Kier alpha value is -3.50. The number of hydrogen-bond acceptors (Lipinski definition) is 7. The second kappa shape index (κ2) is 12.4. The molecule has 1 saturated heterocycles. The quantitative estimate of drug-likeness (QED) is 0.719. The van der Waals surface area contributed by atoms with Crippen LogP contribution in [0.15, 0.2) is 41.8 Å². The summed E-state index contributed by atoms with van der Waals surface area (Å²) < 4.78 is 37.5. The zero-order valence-corrected chi connectivity index (χ0v) is 17.6. The van der Waals surface area contributed by atoms with Gasteiger partial charge in [-0.05, 0) is 18.6 Å². The predicted octanol–water partition coefficient (Wildman–Crippen LogP) is 2.21. The highest BCUT2D eigenvalue weighted by atomic mass is 19.1. The van der Waals surface area contributed by atoms with Gasteiger partial charge in [0.2, 0.25) is 0 Å². The largest absolute Gasteiger partial charge is 0.364 e. The zero-order valence-electron chi connectivity index (χ0n) is 17.6. The molecule has 1 aromatic heterocycles. The lowest BCUT2D eigenvalue weighted by molar-refractivity contribution is -0.113. The Labute approximate surface area is 183 Å². The van der Waals surface area contributed by atoms with Gasteiger partial charge in [0.05, 0.1) is 6.54 Å². The summed E-state index contributed by atoms with van der Waals surface area (Å²) in [6, 6.07) is 5.98. The number of primary amides is 1. The molecule has 32 heavy (non-hydrogen) atoms. The van der Waals surface area contributed by atoms with Crippen molar-refractivity contribution in [3.63, 3.8) is 0 Å². The van der Waals surface area contributed by atoms with Gasteiger partial charge in [-0.15, -0.1) is 0 Å². The third-order valence-electron chi connectivity index (χ3n) is 4.64. The fraction of sp³-hybridized carbons (Fsp3) is 0.381. The van der Waals surface area contributed by atoms with Gasteiger partial charge in [0.1, 0.15) is 41.9 Å². The van der Waals surface area contributed by atoms with Crippen LogP contribution >= 0.6 is 0 Å². The van der Waals surface area contributed by atoms with Crippen molar-refractivity contribution in [3.8, 4) is 0 Å². The number of nitrogens with two attached hydrogens (primary N) is 1. The number of rotatable bonds is 3. The van der Waals surface area contributed by atoms with Gasteiger partial charge in [-0.2, -0.15) is 5.10 Å². The Bertz CT molecular complexity index is 913. The van der Waals surface area contributed by atoms with Crippen LogP contribution in [0.2, 0.25) is 0 Å². The number of hydrogen-bond donors (Lipinski definition) is 1. The number of alkyl halides is 1. The van der Waals surface area contributed by atoms with E-state index in [4.69, 9.17) is 5.73 Å². The predicted molar refractivity (Wildman–Crippen MR) is 114 cm³/mol. The van der Waals surface area contributed by atoms with Crippen LogP contribution in [0.1, 0.15) is 23.3 Å². The van der Waals surface area contributed by atoms with Crippen molar-refractivity contribution in [1.82, 2.24) is 15.0 Å². The fourth-order valence-electron chi connectivity index (χ4n) is 2.90. The van der Waals surface area contributed by atoms with Crippen molar-refractivity contribution in [2.75, 3.05) is 31.6 Å². The number of aromatic nitrogens is 2. The Kier molecular flexibility index (Phi) is 9.58. The van der Waals surface area contributed by atoms with Crippen molar-refractivity contribution < 1.29 is 22.8 Å². The second-order valence-electron chi connectivity index (χ2n) is 7.08. The number of anilines is 1. The van der Waals surface area contributed by atoms with Crippen LogP contribution in [0.5, 0.6) is 0 Å². The van der Waals surface area contributed by atoms with Gasteiger partial charge < -0.3 is 20.4 Å². The van der Waals surface area contributed by atoms with E-state index in [-0.39, 0.29) is 12.2 Å². The first kappa shape index (κ1) is 24.8. The molecule has 0 saturated carbocycles. The summed E-state index contributed by atoms with van der Waals surface area (Å²) in [5.41, 5.74) is 5.21. The first-order valence-electron chi connectivity index (χ1n) is 9.91. The molecule has 8 nitrogen and oxygen atoms in total. The van der Waals surface area contributed by atoms with Crippen molar-refractivity contribution in [2.24, 2.45) is 16.8 Å². The summed E-state index contributed by atoms with van der Waals surface area (Å²) in [5.74, 6) is -1.84. The van der Waals surface area contributed by atoms with Gasteiger partial charge in [-0.25, -0.2) is 23.1 Å². The van der Waals surface area contributed by atoms with E-state index in [2.05, 4.69) is 15.1 Å². The minimum atomic E-state index is -1.22. The number of amides is 1. The first-order chi connectivity index (χ1) is 15.3. The lowest BCUT2D eigenvalue weighted by Crippen LogP contribution is -2.42. The molecule has 1 aromatic carbocycles. The van der Waals surface area contributed by atoms with E-state index in [1.54, 1.807) is 4.90 Å². The fourth-order valence-corrected chi connectivity index (χ4v) is 2.90. The molecule has 2 aromatic rings. The molecule has 0 aliphatic carbocycles. The third kappa shape index (κ3) is 7.97. The normalized spacial score (nSPS) is 19.4. The first-order valence-corrected chi connectivity index (χ1v) is 9.91. The summed E-state index contributed by atoms with van der Waals surface area (Å²) in [5, 5.41) is 5.88. The molecule has 0 radical (unpaired) electrons.